The van der Waals surface area contributed by atoms with Gasteiger partial charge in [0.05, 0.1) is 6.61 Å². The van der Waals surface area contributed by atoms with Crippen LogP contribution in [0.4, 0.5) is 0 Å². The minimum absolute atomic E-state index is 0.307. The van der Waals surface area contributed by atoms with Crippen LogP contribution in [-0.4, -0.2) is 35.7 Å². The molecule has 0 aromatic carbocycles. The molecule has 1 atom stereocenters. The Morgan fingerprint density at radius 1 is 1.17 bits per heavy atom. The Morgan fingerprint density at radius 3 is 2.08 bits per heavy atom. The molecule has 74 valence electrons. The molecule has 2 nitrogen and oxygen atoms in total. The third-order valence-electron chi connectivity index (χ3n) is 2.43. The van der Waals surface area contributed by atoms with E-state index in [0.717, 1.165) is 19.5 Å². The van der Waals surface area contributed by atoms with Crippen LogP contribution in [0.3, 0.4) is 0 Å². The maximum Gasteiger partial charge on any atom is 0.0586 e. The second-order valence-corrected chi connectivity index (χ2v) is 3.20. The van der Waals surface area contributed by atoms with Crippen LogP contribution in [0.25, 0.3) is 0 Å². The number of likely N-dealkylation sites (N-methyl/N-ethyl adjacent to an activating group) is 1. The quantitative estimate of drug-likeness (QED) is 0.635. The highest BCUT2D eigenvalue weighted by Crippen LogP contribution is 2.07. The molecule has 0 saturated heterocycles. The summed E-state index contributed by atoms with van der Waals surface area (Å²) in [6.45, 7) is 8.89. The highest BCUT2D eigenvalue weighted by Gasteiger charge is 2.12. The summed E-state index contributed by atoms with van der Waals surface area (Å²) in [6.07, 6.45) is 3.58. The van der Waals surface area contributed by atoms with Gasteiger partial charge in [-0.2, -0.15) is 0 Å². The van der Waals surface area contributed by atoms with Crippen molar-refractivity contribution in [1.82, 2.24) is 4.90 Å². The van der Waals surface area contributed by atoms with Gasteiger partial charge in [0.2, 0.25) is 0 Å². The molecule has 0 aliphatic heterocycles. The van der Waals surface area contributed by atoms with E-state index >= 15 is 0 Å². The number of aliphatic hydroxyl groups excluding tert-OH is 1. The molecule has 0 heterocycles. The van der Waals surface area contributed by atoms with Gasteiger partial charge in [-0.15, -0.1) is 0 Å². The minimum Gasteiger partial charge on any atom is -0.395 e. The standard InChI is InChI=1S/C10H23NO/c1-4-7-8-10(9-12)11(5-2)6-3/h10,12H,4-9H2,1-3H3. The first-order valence-electron chi connectivity index (χ1n) is 5.14. The van der Waals surface area contributed by atoms with Crippen LogP contribution in [0.1, 0.15) is 40.0 Å². The van der Waals surface area contributed by atoms with Crippen LogP contribution in [0.5, 0.6) is 0 Å². The Bertz CT molecular complexity index is 91.8. The van der Waals surface area contributed by atoms with Gasteiger partial charge in [-0.1, -0.05) is 33.6 Å². The van der Waals surface area contributed by atoms with Gasteiger partial charge in [0, 0.05) is 6.04 Å². The number of hydrogen-bond donors (Lipinski definition) is 1. The van der Waals surface area contributed by atoms with Crippen LogP contribution in [-0.2, 0) is 0 Å². The van der Waals surface area contributed by atoms with Gasteiger partial charge in [-0.25, -0.2) is 0 Å². The first-order valence-corrected chi connectivity index (χ1v) is 5.14. The average Bonchev–Trinajstić information content (AvgIpc) is 2.12. The molecule has 0 rings (SSSR count). The Hall–Kier alpha value is -0.0800. The van der Waals surface area contributed by atoms with E-state index in [0.29, 0.717) is 12.6 Å². The van der Waals surface area contributed by atoms with Crippen LogP contribution in [0.15, 0.2) is 0 Å². The second kappa shape index (κ2) is 7.56. The SMILES string of the molecule is CCCCC(CO)N(CC)CC. The van der Waals surface area contributed by atoms with Crippen molar-refractivity contribution < 1.29 is 5.11 Å². The van der Waals surface area contributed by atoms with Crippen LogP contribution in [0, 0.1) is 0 Å². The summed E-state index contributed by atoms with van der Waals surface area (Å²) in [7, 11) is 0. The first-order chi connectivity index (χ1) is 5.79. The minimum atomic E-state index is 0.307. The molecular formula is C10H23NO. The molecule has 0 fully saturated rings. The topological polar surface area (TPSA) is 23.5 Å². The fraction of sp³-hybridized carbons (Fsp3) is 1.00. The van der Waals surface area contributed by atoms with Crippen molar-refractivity contribution in [3.8, 4) is 0 Å². The number of nitrogens with zero attached hydrogens (tertiary/aromatic N) is 1. The predicted molar refractivity (Wildman–Crippen MR) is 53.3 cm³/mol. The van der Waals surface area contributed by atoms with Crippen molar-refractivity contribution in [2.24, 2.45) is 0 Å². The predicted octanol–water partition coefficient (Wildman–Crippen LogP) is 1.88. The number of rotatable bonds is 7. The third-order valence-corrected chi connectivity index (χ3v) is 2.43. The molecule has 0 aromatic rings. The molecule has 2 heteroatoms. The van der Waals surface area contributed by atoms with Crippen molar-refractivity contribution in [3.63, 3.8) is 0 Å². The molecule has 0 aliphatic carbocycles. The van der Waals surface area contributed by atoms with E-state index in [1.165, 1.54) is 12.8 Å². The summed E-state index contributed by atoms with van der Waals surface area (Å²) < 4.78 is 0. The molecular weight excluding hydrogens is 150 g/mol. The van der Waals surface area contributed by atoms with Gasteiger partial charge in [0.15, 0.2) is 0 Å². The zero-order valence-corrected chi connectivity index (χ0v) is 8.71. The maximum atomic E-state index is 9.14. The molecule has 1 N–H and O–H groups in total. The van der Waals surface area contributed by atoms with E-state index in [1.807, 2.05) is 0 Å². The summed E-state index contributed by atoms with van der Waals surface area (Å²) >= 11 is 0. The second-order valence-electron chi connectivity index (χ2n) is 3.20. The largest absolute Gasteiger partial charge is 0.395 e. The zero-order valence-electron chi connectivity index (χ0n) is 8.71. The van der Waals surface area contributed by atoms with Crippen molar-refractivity contribution in [2.75, 3.05) is 19.7 Å². The van der Waals surface area contributed by atoms with Gasteiger partial charge < -0.3 is 5.11 Å². The van der Waals surface area contributed by atoms with Gasteiger partial charge in [0.1, 0.15) is 0 Å². The smallest absolute Gasteiger partial charge is 0.0586 e. The summed E-state index contributed by atoms with van der Waals surface area (Å²) in [5.74, 6) is 0. The number of hydrogen-bond acceptors (Lipinski definition) is 2. The summed E-state index contributed by atoms with van der Waals surface area (Å²) in [4.78, 5) is 2.33. The third kappa shape index (κ3) is 4.07. The molecule has 0 radical (unpaired) electrons. The maximum absolute atomic E-state index is 9.14. The highest BCUT2D eigenvalue weighted by atomic mass is 16.3. The Kier molecular flexibility index (Phi) is 7.51. The van der Waals surface area contributed by atoms with Gasteiger partial charge >= 0.3 is 0 Å². The normalized spacial score (nSPS) is 13.8. The lowest BCUT2D eigenvalue weighted by molar-refractivity contribution is 0.124. The molecule has 0 aliphatic rings. The van der Waals surface area contributed by atoms with Crippen LogP contribution >= 0.6 is 0 Å². The summed E-state index contributed by atoms with van der Waals surface area (Å²) in [5.41, 5.74) is 0. The first kappa shape index (κ1) is 11.9. The lowest BCUT2D eigenvalue weighted by Crippen LogP contribution is -2.37. The van der Waals surface area contributed by atoms with E-state index in [-0.39, 0.29) is 0 Å². The van der Waals surface area contributed by atoms with E-state index in [2.05, 4.69) is 25.7 Å². The van der Waals surface area contributed by atoms with Crippen molar-refractivity contribution >= 4 is 0 Å². The molecule has 0 saturated carbocycles. The zero-order chi connectivity index (χ0) is 9.40. The van der Waals surface area contributed by atoms with Crippen molar-refractivity contribution in [1.29, 1.82) is 0 Å². The van der Waals surface area contributed by atoms with Gasteiger partial charge in [-0.3, -0.25) is 4.90 Å². The monoisotopic (exact) mass is 173 g/mol. The molecule has 1 unspecified atom stereocenters. The number of unbranched alkanes of at least 4 members (excludes halogenated alkanes) is 1. The van der Waals surface area contributed by atoms with Crippen molar-refractivity contribution in [2.45, 2.75) is 46.1 Å². The summed E-state index contributed by atoms with van der Waals surface area (Å²) in [6, 6.07) is 0.389. The van der Waals surface area contributed by atoms with Crippen LogP contribution in [0.2, 0.25) is 0 Å². The lowest BCUT2D eigenvalue weighted by atomic mass is 10.1. The average molecular weight is 173 g/mol. The Balaban J connectivity index is 3.75. The fourth-order valence-electron chi connectivity index (χ4n) is 1.57. The molecule has 0 amide bonds. The van der Waals surface area contributed by atoms with E-state index in [9.17, 15) is 0 Å². The molecule has 0 spiro atoms. The van der Waals surface area contributed by atoms with Crippen molar-refractivity contribution in [3.05, 3.63) is 0 Å². The molecule has 12 heavy (non-hydrogen) atoms. The Labute approximate surface area is 76.6 Å². The van der Waals surface area contributed by atoms with Gasteiger partial charge in [-0.05, 0) is 19.5 Å². The van der Waals surface area contributed by atoms with Crippen LogP contribution < -0.4 is 0 Å². The highest BCUT2D eigenvalue weighted by molar-refractivity contribution is 4.68. The lowest BCUT2D eigenvalue weighted by Gasteiger charge is -2.27. The number of aliphatic hydroxyl groups is 1. The van der Waals surface area contributed by atoms with Gasteiger partial charge in [0.25, 0.3) is 0 Å². The van der Waals surface area contributed by atoms with E-state index in [1.54, 1.807) is 0 Å². The van der Waals surface area contributed by atoms with E-state index < -0.39 is 0 Å². The Morgan fingerprint density at radius 2 is 1.75 bits per heavy atom. The van der Waals surface area contributed by atoms with E-state index in [4.69, 9.17) is 5.11 Å². The molecule has 0 aromatic heterocycles. The molecule has 0 bridgehead atoms. The summed E-state index contributed by atoms with van der Waals surface area (Å²) in [5, 5.41) is 9.14. The fourth-order valence-corrected chi connectivity index (χ4v) is 1.57.